The summed E-state index contributed by atoms with van der Waals surface area (Å²) in [5.74, 6) is 1.07. The highest BCUT2D eigenvalue weighted by Crippen LogP contribution is 2.54. The number of hydrogen-bond donors (Lipinski definition) is 0. The van der Waals surface area contributed by atoms with Crippen LogP contribution in [0.15, 0.2) is 66.8 Å². The van der Waals surface area contributed by atoms with Gasteiger partial charge in [-0.1, -0.05) is 68.5 Å². The van der Waals surface area contributed by atoms with Crippen LogP contribution in [0.4, 0.5) is 0 Å². The molecule has 1 heteroatoms. The van der Waals surface area contributed by atoms with Crippen molar-refractivity contribution in [1.82, 2.24) is 0 Å². The molecule has 0 aliphatic heterocycles. The van der Waals surface area contributed by atoms with Crippen molar-refractivity contribution < 1.29 is 0 Å². The lowest BCUT2D eigenvalue weighted by molar-refractivity contribution is 0.395. The average molecular weight is 398 g/mol. The van der Waals surface area contributed by atoms with Crippen LogP contribution < -0.4 is 0 Å². The summed E-state index contributed by atoms with van der Waals surface area (Å²) in [7, 11) is 0. The number of fused-ring (bicyclic) bond motifs is 3. The molecule has 4 rings (SSSR count). The van der Waals surface area contributed by atoms with E-state index >= 15 is 0 Å². The van der Waals surface area contributed by atoms with Crippen LogP contribution in [0.2, 0.25) is 0 Å². The highest BCUT2D eigenvalue weighted by atomic mass is 127. The first-order valence-electron chi connectivity index (χ1n) is 7.83. The fourth-order valence-corrected chi connectivity index (χ4v) is 4.51. The summed E-state index contributed by atoms with van der Waals surface area (Å²) in [5.41, 5.74) is 5.89. The van der Waals surface area contributed by atoms with Crippen molar-refractivity contribution in [2.24, 2.45) is 5.92 Å². The first-order chi connectivity index (χ1) is 10.6. The van der Waals surface area contributed by atoms with Crippen LogP contribution in [0.5, 0.6) is 0 Å². The van der Waals surface area contributed by atoms with Crippen molar-refractivity contribution in [1.29, 1.82) is 0 Å². The summed E-state index contributed by atoms with van der Waals surface area (Å²) < 4.78 is 1.33. The van der Waals surface area contributed by atoms with Crippen LogP contribution in [0.3, 0.4) is 0 Å². The third-order valence-corrected chi connectivity index (χ3v) is 5.91. The second kappa shape index (κ2) is 5.09. The van der Waals surface area contributed by atoms with E-state index in [0.29, 0.717) is 11.8 Å². The third-order valence-electron chi connectivity index (χ3n) is 5.24. The molecule has 0 nitrogen and oxygen atoms in total. The van der Waals surface area contributed by atoms with Crippen LogP contribution in [0.1, 0.15) is 36.5 Å². The smallest absolute Gasteiger partial charge is 0.0133 e. The molecule has 2 aromatic carbocycles. The fraction of sp³-hybridized carbons (Fsp3) is 0.238. The van der Waals surface area contributed by atoms with Crippen LogP contribution in [0, 0.1) is 9.49 Å². The Labute approximate surface area is 146 Å². The van der Waals surface area contributed by atoms with Gasteiger partial charge in [-0.3, -0.25) is 0 Å². The van der Waals surface area contributed by atoms with E-state index in [2.05, 4.69) is 103 Å². The Hall–Kier alpha value is -1.35. The van der Waals surface area contributed by atoms with Crippen molar-refractivity contribution in [3.8, 4) is 0 Å². The van der Waals surface area contributed by atoms with Gasteiger partial charge in [0.2, 0.25) is 0 Å². The molecule has 0 bridgehead atoms. The molecule has 2 aromatic rings. The van der Waals surface area contributed by atoms with Crippen molar-refractivity contribution in [3.63, 3.8) is 0 Å². The van der Waals surface area contributed by atoms with Crippen LogP contribution >= 0.6 is 22.6 Å². The van der Waals surface area contributed by atoms with Gasteiger partial charge in [0.15, 0.2) is 0 Å². The number of halogens is 1. The predicted molar refractivity (Wildman–Crippen MR) is 102 cm³/mol. The molecule has 0 aromatic heterocycles. The summed E-state index contributed by atoms with van der Waals surface area (Å²) in [6.45, 7) is 4.79. The Kier molecular flexibility index (Phi) is 3.30. The lowest BCUT2D eigenvalue weighted by Gasteiger charge is -2.31. The first kappa shape index (κ1) is 14.3. The lowest BCUT2D eigenvalue weighted by atomic mass is 9.73. The Balaban J connectivity index is 1.82. The van der Waals surface area contributed by atoms with Crippen molar-refractivity contribution in [2.75, 3.05) is 0 Å². The molecule has 110 valence electrons. The van der Waals surface area contributed by atoms with E-state index in [-0.39, 0.29) is 5.41 Å². The van der Waals surface area contributed by atoms with Crippen LogP contribution in [-0.2, 0) is 5.41 Å². The zero-order chi connectivity index (χ0) is 15.3. The molecule has 0 heterocycles. The Morgan fingerprint density at radius 2 is 1.77 bits per heavy atom. The molecule has 0 radical (unpaired) electrons. The summed E-state index contributed by atoms with van der Waals surface area (Å²) in [6.07, 6.45) is 7.21. The highest BCUT2D eigenvalue weighted by Gasteiger charge is 2.45. The molecule has 2 aliphatic rings. The predicted octanol–water partition coefficient (Wildman–Crippen LogP) is 5.94. The maximum absolute atomic E-state index is 2.49. The molecule has 2 unspecified atom stereocenters. The van der Waals surface area contributed by atoms with E-state index in [1.165, 1.54) is 25.8 Å². The Bertz CT molecular complexity index is 781. The van der Waals surface area contributed by atoms with Crippen molar-refractivity contribution >= 4 is 28.2 Å². The fourth-order valence-electron chi connectivity index (χ4n) is 4.01. The standard InChI is InChI=1S/C21H19I/c1-21(2)19-12-15(14-6-4-3-5-7-14)8-10-17(19)18-11-9-16(22)13-20(18)21/h3-13,17,19H,1-2H3. The number of rotatable bonds is 1. The maximum Gasteiger partial charge on any atom is 0.0133 e. The zero-order valence-electron chi connectivity index (χ0n) is 12.9. The Morgan fingerprint density at radius 1 is 1.00 bits per heavy atom. The molecular formula is C21H19I. The average Bonchev–Trinajstić information content (AvgIpc) is 2.76. The molecule has 0 spiro atoms. The van der Waals surface area contributed by atoms with Gasteiger partial charge in [-0.15, -0.1) is 0 Å². The molecule has 2 aliphatic carbocycles. The highest BCUT2D eigenvalue weighted by molar-refractivity contribution is 14.1. The first-order valence-corrected chi connectivity index (χ1v) is 8.90. The Morgan fingerprint density at radius 3 is 2.55 bits per heavy atom. The summed E-state index contributed by atoms with van der Waals surface area (Å²) in [6, 6.07) is 17.7. The number of hydrogen-bond acceptors (Lipinski definition) is 0. The molecule has 2 atom stereocenters. The van der Waals surface area contributed by atoms with E-state index < -0.39 is 0 Å². The van der Waals surface area contributed by atoms with Gasteiger partial charge in [0.05, 0.1) is 0 Å². The van der Waals surface area contributed by atoms with E-state index in [4.69, 9.17) is 0 Å². The molecule has 22 heavy (non-hydrogen) atoms. The van der Waals surface area contributed by atoms with Gasteiger partial charge in [0, 0.05) is 9.49 Å². The van der Waals surface area contributed by atoms with Gasteiger partial charge >= 0.3 is 0 Å². The van der Waals surface area contributed by atoms with E-state index in [1.807, 2.05) is 0 Å². The largest absolute Gasteiger partial charge is 0.0758 e. The van der Waals surface area contributed by atoms with Gasteiger partial charge in [0.1, 0.15) is 0 Å². The SMILES string of the molecule is CC1(C)c2cc(I)ccc2C2C=CC(c3ccccc3)=CC21. The topological polar surface area (TPSA) is 0 Å². The number of allylic oxidation sites excluding steroid dienone is 4. The molecule has 0 saturated carbocycles. The molecular weight excluding hydrogens is 379 g/mol. The minimum atomic E-state index is 0.186. The lowest BCUT2D eigenvalue weighted by Crippen LogP contribution is -2.25. The van der Waals surface area contributed by atoms with Gasteiger partial charge < -0.3 is 0 Å². The second-order valence-corrected chi connectivity index (χ2v) is 8.10. The van der Waals surface area contributed by atoms with E-state index in [9.17, 15) is 0 Å². The van der Waals surface area contributed by atoms with Gasteiger partial charge in [-0.25, -0.2) is 0 Å². The maximum atomic E-state index is 2.49. The van der Waals surface area contributed by atoms with Gasteiger partial charge in [-0.2, -0.15) is 0 Å². The normalized spacial score (nSPS) is 24.6. The third kappa shape index (κ3) is 2.10. The van der Waals surface area contributed by atoms with E-state index in [1.54, 1.807) is 0 Å². The minimum absolute atomic E-state index is 0.186. The summed E-state index contributed by atoms with van der Waals surface area (Å²) in [4.78, 5) is 0. The summed E-state index contributed by atoms with van der Waals surface area (Å²) >= 11 is 2.42. The van der Waals surface area contributed by atoms with Gasteiger partial charge in [0.25, 0.3) is 0 Å². The zero-order valence-corrected chi connectivity index (χ0v) is 15.0. The molecule has 0 fully saturated rings. The number of benzene rings is 2. The van der Waals surface area contributed by atoms with Crippen molar-refractivity contribution in [2.45, 2.75) is 25.2 Å². The van der Waals surface area contributed by atoms with Crippen LogP contribution in [0.25, 0.3) is 5.57 Å². The minimum Gasteiger partial charge on any atom is -0.0758 e. The summed E-state index contributed by atoms with van der Waals surface area (Å²) in [5, 5.41) is 0. The molecule has 0 amide bonds. The second-order valence-electron chi connectivity index (χ2n) is 6.85. The molecule has 0 N–H and O–H groups in total. The van der Waals surface area contributed by atoms with E-state index in [0.717, 1.165) is 0 Å². The monoisotopic (exact) mass is 398 g/mol. The molecule has 0 saturated heterocycles. The van der Waals surface area contributed by atoms with Crippen molar-refractivity contribution in [3.05, 3.63) is 87.0 Å². The van der Waals surface area contributed by atoms with Crippen LogP contribution in [-0.4, -0.2) is 0 Å². The quantitative estimate of drug-likeness (QED) is 0.522. The van der Waals surface area contributed by atoms with Gasteiger partial charge in [-0.05, 0) is 68.3 Å².